The Morgan fingerprint density at radius 3 is 2.60 bits per heavy atom. The number of hydrogen-bond acceptors (Lipinski definition) is 3. The van der Waals surface area contributed by atoms with Crippen molar-refractivity contribution in [2.45, 2.75) is 6.92 Å². The lowest BCUT2D eigenvalue weighted by Crippen LogP contribution is -2.21. The second-order valence-corrected chi connectivity index (χ2v) is 3.87. The fourth-order valence-corrected chi connectivity index (χ4v) is 1.50. The summed E-state index contributed by atoms with van der Waals surface area (Å²) in [6, 6.07) is 5.89. The molecule has 82 valence electrons. The third kappa shape index (κ3) is 2.80. The molecule has 15 heavy (non-hydrogen) atoms. The van der Waals surface area contributed by atoms with Gasteiger partial charge in [-0.25, -0.2) is 0 Å². The van der Waals surface area contributed by atoms with Crippen LogP contribution in [0.5, 0.6) is 0 Å². The van der Waals surface area contributed by atoms with E-state index < -0.39 is 0 Å². The van der Waals surface area contributed by atoms with Crippen molar-refractivity contribution in [1.29, 1.82) is 0 Å². The van der Waals surface area contributed by atoms with Gasteiger partial charge in [0.2, 0.25) is 0 Å². The van der Waals surface area contributed by atoms with Gasteiger partial charge in [0.1, 0.15) is 0 Å². The Bertz CT molecular complexity index is 359. The molecule has 0 unspecified atom stereocenters. The van der Waals surface area contributed by atoms with Crippen LogP contribution >= 0.6 is 0 Å². The number of benzene rings is 1. The van der Waals surface area contributed by atoms with E-state index in [1.54, 1.807) is 7.05 Å². The lowest BCUT2D eigenvalue weighted by Gasteiger charge is -2.17. The monoisotopic (exact) mass is 206 g/mol. The lowest BCUT2D eigenvalue weighted by atomic mass is 10.1. The normalized spacial score (nSPS) is 10.1. The maximum absolute atomic E-state index is 11.8. The highest BCUT2D eigenvalue weighted by Gasteiger charge is 2.11. The Morgan fingerprint density at radius 2 is 2.07 bits per heavy atom. The third-order valence-corrected chi connectivity index (χ3v) is 2.27. The molecule has 0 atom stereocenters. The molecule has 0 aliphatic rings. The summed E-state index contributed by atoms with van der Waals surface area (Å²) in [7, 11) is 5.68. The Labute approximate surface area is 91.1 Å². The molecule has 3 nitrogen and oxygen atoms in total. The van der Waals surface area contributed by atoms with E-state index in [4.69, 9.17) is 0 Å². The molecule has 1 aromatic carbocycles. The number of nitrogens with zero attached hydrogens (tertiary/aromatic N) is 1. The van der Waals surface area contributed by atoms with Crippen LogP contribution in [-0.4, -0.2) is 33.5 Å². The standard InChI is InChI=1S/C12H18N2O/c1-9-5-6-10(12(15)8-13-2)11(7-9)14(3)4/h5-7,13H,8H2,1-4H3. The van der Waals surface area contributed by atoms with Gasteiger partial charge in [0.15, 0.2) is 5.78 Å². The van der Waals surface area contributed by atoms with Crippen LogP contribution in [0.15, 0.2) is 18.2 Å². The number of anilines is 1. The summed E-state index contributed by atoms with van der Waals surface area (Å²) in [6.45, 7) is 2.41. The van der Waals surface area contributed by atoms with E-state index in [-0.39, 0.29) is 5.78 Å². The van der Waals surface area contributed by atoms with Gasteiger partial charge in [0.05, 0.1) is 6.54 Å². The molecule has 0 fully saturated rings. The maximum Gasteiger partial charge on any atom is 0.178 e. The minimum absolute atomic E-state index is 0.126. The molecule has 0 heterocycles. The molecule has 3 heteroatoms. The van der Waals surface area contributed by atoms with Crippen LogP contribution in [0.3, 0.4) is 0 Å². The van der Waals surface area contributed by atoms with E-state index in [1.807, 2.05) is 44.1 Å². The summed E-state index contributed by atoms with van der Waals surface area (Å²) < 4.78 is 0. The zero-order valence-electron chi connectivity index (χ0n) is 9.79. The molecule has 0 saturated heterocycles. The van der Waals surface area contributed by atoms with Crippen LogP contribution in [0.1, 0.15) is 15.9 Å². The van der Waals surface area contributed by atoms with Gasteiger partial charge in [-0.2, -0.15) is 0 Å². The quantitative estimate of drug-likeness (QED) is 0.757. The van der Waals surface area contributed by atoms with E-state index in [0.717, 1.165) is 11.3 Å². The Kier molecular flexibility index (Phi) is 3.86. The average molecular weight is 206 g/mol. The van der Waals surface area contributed by atoms with E-state index >= 15 is 0 Å². The van der Waals surface area contributed by atoms with Crippen molar-refractivity contribution < 1.29 is 4.79 Å². The first-order valence-corrected chi connectivity index (χ1v) is 5.02. The van der Waals surface area contributed by atoms with Crippen LogP contribution in [-0.2, 0) is 0 Å². The smallest absolute Gasteiger partial charge is 0.178 e. The summed E-state index contributed by atoms with van der Waals surface area (Å²) in [5.41, 5.74) is 2.93. The fourth-order valence-electron chi connectivity index (χ4n) is 1.50. The molecule has 0 aromatic heterocycles. The van der Waals surface area contributed by atoms with Crippen molar-refractivity contribution in [3.8, 4) is 0 Å². The zero-order valence-corrected chi connectivity index (χ0v) is 9.79. The van der Waals surface area contributed by atoms with Gasteiger partial charge in [-0.15, -0.1) is 0 Å². The maximum atomic E-state index is 11.8. The van der Waals surface area contributed by atoms with Crippen LogP contribution in [0, 0.1) is 6.92 Å². The van der Waals surface area contributed by atoms with Gasteiger partial charge in [-0.1, -0.05) is 6.07 Å². The van der Waals surface area contributed by atoms with Gasteiger partial charge in [0, 0.05) is 25.3 Å². The van der Waals surface area contributed by atoms with Crippen molar-refractivity contribution in [2.24, 2.45) is 0 Å². The topological polar surface area (TPSA) is 32.3 Å². The number of rotatable bonds is 4. The number of carbonyl (C=O) groups is 1. The number of nitrogens with one attached hydrogen (secondary N) is 1. The lowest BCUT2D eigenvalue weighted by molar-refractivity contribution is 0.0994. The molecule has 1 aromatic rings. The first kappa shape index (κ1) is 11.7. The molecule has 0 bridgehead atoms. The van der Waals surface area contributed by atoms with Gasteiger partial charge < -0.3 is 10.2 Å². The Morgan fingerprint density at radius 1 is 1.40 bits per heavy atom. The van der Waals surface area contributed by atoms with Crippen molar-refractivity contribution >= 4 is 11.5 Å². The number of ketones is 1. The minimum atomic E-state index is 0.126. The molecule has 0 spiro atoms. The molecule has 0 amide bonds. The van der Waals surface area contributed by atoms with Crippen LogP contribution in [0.2, 0.25) is 0 Å². The molecule has 1 N–H and O–H groups in total. The number of carbonyl (C=O) groups excluding carboxylic acids is 1. The van der Waals surface area contributed by atoms with E-state index in [1.165, 1.54) is 5.56 Å². The first-order chi connectivity index (χ1) is 7.06. The number of likely N-dealkylation sites (N-methyl/N-ethyl adjacent to an activating group) is 1. The number of aryl methyl sites for hydroxylation is 1. The highest BCUT2D eigenvalue weighted by molar-refractivity contribution is 6.02. The highest BCUT2D eigenvalue weighted by Crippen LogP contribution is 2.20. The second-order valence-electron chi connectivity index (χ2n) is 3.87. The minimum Gasteiger partial charge on any atom is -0.377 e. The van der Waals surface area contributed by atoms with Gasteiger partial charge in [-0.05, 0) is 31.7 Å². The predicted molar refractivity (Wildman–Crippen MR) is 63.8 cm³/mol. The summed E-state index contributed by atoms with van der Waals surface area (Å²) in [5.74, 6) is 0.126. The molecule has 0 saturated carbocycles. The van der Waals surface area contributed by atoms with E-state index in [2.05, 4.69) is 5.32 Å². The summed E-state index contributed by atoms with van der Waals surface area (Å²) in [5, 5.41) is 2.88. The second kappa shape index (κ2) is 4.94. The van der Waals surface area contributed by atoms with Gasteiger partial charge in [-0.3, -0.25) is 4.79 Å². The molecule has 1 rings (SSSR count). The van der Waals surface area contributed by atoms with E-state index in [0.29, 0.717) is 6.54 Å². The Balaban J connectivity index is 3.11. The molecule has 0 radical (unpaired) electrons. The first-order valence-electron chi connectivity index (χ1n) is 5.02. The average Bonchev–Trinajstić information content (AvgIpc) is 2.17. The number of hydrogen-bond donors (Lipinski definition) is 1. The number of Topliss-reactive ketones (excluding diaryl/α,β-unsaturated/α-hetero) is 1. The Hall–Kier alpha value is -1.35. The van der Waals surface area contributed by atoms with E-state index in [9.17, 15) is 4.79 Å². The largest absolute Gasteiger partial charge is 0.377 e. The molecular weight excluding hydrogens is 188 g/mol. The summed E-state index contributed by atoms with van der Waals surface area (Å²) >= 11 is 0. The fraction of sp³-hybridized carbons (Fsp3) is 0.417. The summed E-state index contributed by atoms with van der Waals surface area (Å²) in [4.78, 5) is 13.8. The molecule has 0 aliphatic heterocycles. The SMILES string of the molecule is CNCC(=O)c1ccc(C)cc1N(C)C. The van der Waals surface area contributed by atoms with Crippen molar-refractivity contribution in [3.63, 3.8) is 0 Å². The van der Waals surface area contributed by atoms with Gasteiger partial charge in [0.25, 0.3) is 0 Å². The molecule has 0 aliphatic carbocycles. The predicted octanol–water partition coefficient (Wildman–Crippen LogP) is 1.46. The third-order valence-electron chi connectivity index (χ3n) is 2.27. The molecular formula is C12H18N2O. The van der Waals surface area contributed by atoms with Crippen LogP contribution < -0.4 is 10.2 Å². The van der Waals surface area contributed by atoms with Crippen molar-refractivity contribution in [3.05, 3.63) is 29.3 Å². The van der Waals surface area contributed by atoms with Crippen molar-refractivity contribution in [1.82, 2.24) is 5.32 Å². The zero-order chi connectivity index (χ0) is 11.4. The van der Waals surface area contributed by atoms with Gasteiger partial charge >= 0.3 is 0 Å². The van der Waals surface area contributed by atoms with Crippen molar-refractivity contribution in [2.75, 3.05) is 32.6 Å². The van der Waals surface area contributed by atoms with Crippen LogP contribution in [0.4, 0.5) is 5.69 Å². The highest BCUT2D eigenvalue weighted by atomic mass is 16.1. The van der Waals surface area contributed by atoms with Crippen LogP contribution in [0.25, 0.3) is 0 Å². The summed E-state index contributed by atoms with van der Waals surface area (Å²) in [6.07, 6.45) is 0.